The number of hydrogen-bond donors (Lipinski definition) is 1. The third-order valence-corrected chi connectivity index (χ3v) is 3.39. The highest BCUT2D eigenvalue weighted by Gasteiger charge is 2.16. The first-order chi connectivity index (χ1) is 10.1. The maximum absolute atomic E-state index is 13.7. The second-order valence-electron chi connectivity index (χ2n) is 4.87. The predicted octanol–water partition coefficient (Wildman–Crippen LogP) is 3.91. The molecule has 0 aliphatic carbocycles. The van der Waals surface area contributed by atoms with Crippen LogP contribution in [0.4, 0.5) is 14.5 Å². The van der Waals surface area contributed by atoms with E-state index in [0.717, 1.165) is 11.6 Å². The number of anilines is 1. The van der Waals surface area contributed by atoms with E-state index in [-0.39, 0.29) is 11.7 Å². The van der Waals surface area contributed by atoms with E-state index in [1.54, 1.807) is 0 Å². The largest absolute Gasteiger partial charge is 0.486 e. The third-order valence-electron chi connectivity index (χ3n) is 3.39. The van der Waals surface area contributed by atoms with Gasteiger partial charge in [0, 0.05) is 6.04 Å². The van der Waals surface area contributed by atoms with Crippen LogP contribution in [-0.2, 0) is 0 Å². The number of fused-ring (bicyclic) bond motifs is 1. The van der Waals surface area contributed by atoms with E-state index in [9.17, 15) is 8.78 Å². The van der Waals surface area contributed by atoms with Crippen molar-refractivity contribution in [1.29, 1.82) is 0 Å². The minimum Gasteiger partial charge on any atom is -0.486 e. The van der Waals surface area contributed by atoms with Gasteiger partial charge in [-0.25, -0.2) is 8.78 Å². The van der Waals surface area contributed by atoms with Gasteiger partial charge in [-0.2, -0.15) is 0 Å². The summed E-state index contributed by atoms with van der Waals surface area (Å²) in [5, 5.41) is 2.96. The lowest BCUT2D eigenvalue weighted by molar-refractivity contribution is 0.171. The zero-order chi connectivity index (χ0) is 14.8. The zero-order valence-corrected chi connectivity index (χ0v) is 11.5. The van der Waals surface area contributed by atoms with Crippen LogP contribution < -0.4 is 14.8 Å². The molecule has 0 saturated heterocycles. The summed E-state index contributed by atoms with van der Waals surface area (Å²) in [7, 11) is 0. The quantitative estimate of drug-likeness (QED) is 0.930. The Labute approximate surface area is 121 Å². The number of nitrogens with one attached hydrogen (secondary N) is 1. The summed E-state index contributed by atoms with van der Waals surface area (Å²) in [6.45, 7) is 2.92. The van der Waals surface area contributed by atoms with Crippen molar-refractivity contribution >= 4 is 5.69 Å². The molecule has 3 nitrogen and oxygen atoms in total. The van der Waals surface area contributed by atoms with Gasteiger partial charge in [0.25, 0.3) is 0 Å². The first-order valence-electron chi connectivity index (χ1n) is 6.75. The molecule has 110 valence electrons. The molecule has 0 amide bonds. The van der Waals surface area contributed by atoms with Crippen molar-refractivity contribution in [3.63, 3.8) is 0 Å². The smallest absolute Gasteiger partial charge is 0.181 e. The van der Waals surface area contributed by atoms with Crippen molar-refractivity contribution < 1.29 is 18.3 Å². The lowest BCUT2D eigenvalue weighted by Crippen LogP contribution is -2.16. The standard InChI is InChI=1S/C16H15F2NO2/c1-10(19-13-4-2-3-12(17)16(13)18)11-5-6-14-15(9-11)21-8-7-20-14/h2-6,9-10,19H,7-8H2,1H3. The highest BCUT2D eigenvalue weighted by Crippen LogP contribution is 2.33. The van der Waals surface area contributed by atoms with E-state index >= 15 is 0 Å². The number of rotatable bonds is 3. The minimum absolute atomic E-state index is 0.136. The molecule has 0 saturated carbocycles. The molecule has 1 unspecified atom stereocenters. The fourth-order valence-electron chi connectivity index (χ4n) is 2.26. The highest BCUT2D eigenvalue weighted by molar-refractivity contribution is 5.50. The van der Waals surface area contributed by atoms with Crippen LogP contribution in [0.25, 0.3) is 0 Å². The Morgan fingerprint density at radius 3 is 2.62 bits per heavy atom. The average molecular weight is 291 g/mol. The van der Waals surface area contributed by atoms with Gasteiger partial charge in [0.2, 0.25) is 0 Å². The Kier molecular flexibility index (Phi) is 3.64. The first-order valence-corrected chi connectivity index (χ1v) is 6.75. The van der Waals surface area contributed by atoms with Gasteiger partial charge in [-0.15, -0.1) is 0 Å². The van der Waals surface area contributed by atoms with Crippen LogP contribution in [0.1, 0.15) is 18.5 Å². The van der Waals surface area contributed by atoms with E-state index in [1.807, 2.05) is 25.1 Å². The van der Waals surface area contributed by atoms with E-state index in [4.69, 9.17) is 9.47 Å². The number of benzene rings is 2. The monoisotopic (exact) mass is 291 g/mol. The molecule has 2 aromatic rings. The second-order valence-corrected chi connectivity index (χ2v) is 4.87. The number of ether oxygens (including phenoxy) is 2. The molecule has 1 aliphatic rings. The molecule has 0 radical (unpaired) electrons. The Balaban J connectivity index is 1.82. The summed E-state index contributed by atoms with van der Waals surface area (Å²) in [6.07, 6.45) is 0. The lowest BCUT2D eigenvalue weighted by Gasteiger charge is -2.21. The molecule has 1 atom stereocenters. The summed E-state index contributed by atoms with van der Waals surface area (Å²) in [5.41, 5.74) is 1.04. The highest BCUT2D eigenvalue weighted by atomic mass is 19.2. The molecule has 0 bridgehead atoms. The Morgan fingerprint density at radius 2 is 1.81 bits per heavy atom. The molecule has 1 N–H and O–H groups in total. The van der Waals surface area contributed by atoms with E-state index in [1.165, 1.54) is 12.1 Å². The Bertz CT molecular complexity index is 661. The normalized spacial score (nSPS) is 14.6. The minimum atomic E-state index is -0.873. The summed E-state index contributed by atoms with van der Waals surface area (Å²) < 4.78 is 37.9. The van der Waals surface area contributed by atoms with Gasteiger partial charge >= 0.3 is 0 Å². The van der Waals surface area contributed by atoms with E-state index in [2.05, 4.69) is 5.32 Å². The average Bonchev–Trinajstić information content (AvgIpc) is 2.51. The fourth-order valence-corrected chi connectivity index (χ4v) is 2.26. The van der Waals surface area contributed by atoms with Crippen molar-refractivity contribution in [1.82, 2.24) is 0 Å². The van der Waals surface area contributed by atoms with Crippen LogP contribution >= 0.6 is 0 Å². The lowest BCUT2D eigenvalue weighted by atomic mass is 10.1. The summed E-state index contributed by atoms with van der Waals surface area (Å²) in [4.78, 5) is 0. The van der Waals surface area contributed by atoms with Crippen molar-refractivity contribution in [3.8, 4) is 11.5 Å². The summed E-state index contributed by atoms with van der Waals surface area (Å²) in [6, 6.07) is 9.42. The van der Waals surface area contributed by atoms with E-state index < -0.39 is 11.6 Å². The fraction of sp³-hybridized carbons (Fsp3) is 0.250. The third kappa shape index (κ3) is 2.77. The molecule has 21 heavy (non-hydrogen) atoms. The number of hydrogen-bond acceptors (Lipinski definition) is 3. The van der Waals surface area contributed by atoms with Crippen molar-refractivity contribution in [2.24, 2.45) is 0 Å². The second kappa shape index (κ2) is 5.60. The summed E-state index contributed by atoms with van der Waals surface area (Å²) in [5.74, 6) is -0.363. The molecular formula is C16H15F2NO2. The van der Waals surface area contributed by atoms with Gasteiger partial charge in [0.05, 0.1) is 5.69 Å². The molecule has 0 aromatic heterocycles. The van der Waals surface area contributed by atoms with Crippen LogP contribution in [0.3, 0.4) is 0 Å². The van der Waals surface area contributed by atoms with Gasteiger partial charge in [-0.1, -0.05) is 12.1 Å². The van der Waals surface area contributed by atoms with Crippen LogP contribution in [0.15, 0.2) is 36.4 Å². The molecule has 3 rings (SSSR count). The van der Waals surface area contributed by atoms with E-state index in [0.29, 0.717) is 24.7 Å². The topological polar surface area (TPSA) is 30.5 Å². The molecule has 5 heteroatoms. The predicted molar refractivity (Wildman–Crippen MR) is 75.8 cm³/mol. The molecular weight excluding hydrogens is 276 g/mol. The maximum Gasteiger partial charge on any atom is 0.181 e. The van der Waals surface area contributed by atoms with Crippen LogP contribution in [-0.4, -0.2) is 13.2 Å². The van der Waals surface area contributed by atoms with Crippen molar-refractivity contribution in [2.45, 2.75) is 13.0 Å². The number of halogens is 2. The maximum atomic E-state index is 13.7. The van der Waals surface area contributed by atoms with Crippen LogP contribution in [0.5, 0.6) is 11.5 Å². The molecule has 1 aliphatic heterocycles. The molecule has 0 fully saturated rings. The first kappa shape index (κ1) is 13.7. The SMILES string of the molecule is CC(Nc1cccc(F)c1F)c1ccc2c(c1)OCCO2. The van der Waals surface area contributed by atoms with Gasteiger partial charge in [0.1, 0.15) is 13.2 Å². The van der Waals surface area contributed by atoms with Crippen LogP contribution in [0, 0.1) is 11.6 Å². The molecule has 1 heterocycles. The molecule has 0 spiro atoms. The Hall–Kier alpha value is -2.30. The van der Waals surface area contributed by atoms with Gasteiger partial charge in [-0.3, -0.25) is 0 Å². The van der Waals surface area contributed by atoms with Gasteiger partial charge < -0.3 is 14.8 Å². The zero-order valence-electron chi connectivity index (χ0n) is 11.5. The van der Waals surface area contributed by atoms with Gasteiger partial charge in [0.15, 0.2) is 23.1 Å². The van der Waals surface area contributed by atoms with Crippen molar-refractivity contribution in [2.75, 3.05) is 18.5 Å². The molecule has 2 aromatic carbocycles. The van der Waals surface area contributed by atoms with Crippen molar-refractivity contribution in [3.05, 3.63) is 53.6 Å². The summed E-state index contributed by atoms with van der Waals surface area (Å²) >= 11 is 0. The Morgan fingerprint density at radius 1 is 1.05 bits per heavy atom. The van der Waals surface area contributed by atoms with Crippen LogP contribution in [0.2, 0.25) is 0 Å². The van der Waals surface area contributed by atoms with Gasteiger partial charge in [-0.05, 0) is 36.8 Å².